The summed E-state index contributed by atoms with van der Waals surface area (Å²) in [7, 11) is 0. The number of nitrogens with zero attached hydrogens (tertiary/aromatic N) is 2. The van der Waals surface area contributed by atoms with E-state index in [2.05, 4.69) is 17.0 Å². The fraction of sp³-hybridized carbons (Fsp3) is 0.346. The van der Waals surface area contributed by atoms with Gasteiger partial charge in [-0.1, -0.05) is 70.7 Å². The first-order chi connectivity index (χ1) is 15.5. The number of carboxylic acids is 1. The largest absolute Gasteiger partial charge is 0.481 e. The number of nitrogens with one attached hydrogen (secondary N) is 1. The lowest BCUT2D eigenvalue weighted by molar-refractivity contribution is -0.136. The number of hydrogen-bond acceptors (Lipinski definition) is 3. The van der Waals surface area contributed by atoms with Gasteiger partial charge in [0, 0.05) is 23.9 Å². The number of rotatable bonds is 9. The highest BCUT2D eigenvalue weighted by molar-refractivity contribution is 5.94. The van der Waals surface area contributed by atoms with Crippen LogP contribution in [0.5, 0.6) is 0 Å². The highest BCUT2D eigenvalue weighted by Crippen LogP contribution is 2.20. The van der Waals surface area contributed by atoms with Crippen LogP contribution < -0.4 is 5.32 Å². The molecule has 0 saturated carbocycles. The second kappa shape index (κ2) is 16.3. The van der Waals surface area contributed by atoms with Crippen molar-refractivity contribution < 1.29 is 14.7 Å². The van der Waals surface area contributed by atoms with Crippen molar-refractivity contribution in [3.8, 4) is 0 Å². The lowest BCUT2D eigenvalue weighted by atomic mass is 10.1. The van der Waals surface area contributed by atoms with Crippen LogP contribution in [0, 0.1) is 0 Å². The molecule has 1 aromatic heterocycles. The molecule has 2 rings (SSSR count). The van der Waals surface area contributed by atoms with E-state index in [4.69, 9.17) is 5.11 Å². The molecule has 2 N–H and O–H groups in total. The van der Waals surface area contributed by atoms with Crippen molar-refractivity contribution >= 4 is 17.4 Å². The van der Waals surface area contributed by atoms with Gasteiger partial charge in [0.05, 0.1) is 18.2 Å². The number of hydrogen-bond donors (Lipinski definition) is 2. The van der Waals surface area contributed by atoms with Gasteiger partial charge < -0.3 is 10.4 Å². The molecule has 2 aromatic rings. The Morgan fingerprint density at radius 2 is 1.78 bits per heavy atom. The number of aromatic nitrogens is 2. The Hall–Kier alpha value is -3.41. The Morgan fingerprint density at radius 1 is 1.16 bits per heavy atom. The summed E-state index contributed by atoms with van der Waals surface area (Å²) >= 11 is 0. The zero-order chi connectivity index (χ0) is 24.5. The van der Waals surface area contributed by atoms with Crippen molar-refractivity contribution in [3.05, 3.63) is 84.2 Å². The van der Waals surface area contributed by atoms with Crippen molar-refractivity contribution in [2.24, 2.45) is 0 Å². The Labute approximate surface area is 192 Å². The Kier molecular flexibility index (Phi) is 14.6. The molecule has 1 atom stereocenters. The second-order valence-corrected chi connectivity index (χ2v) is 6.23. The van der Waals surface area contributed by atoms with Crippen LogP contribution >= 0.6 is 0 Å². The maximum Gasteiger partial charge on any atom is 0.305 e. The summed E-state index contributed by atoms with van der Waals surface area (Å²) in [5.74, 6) is -1.23. The summed E-state index contributed by atoms with van der Waals surface area (Å²) in [4.78, 5) is 22.5. The SMILES string of the molecule is C=C/C(=C\C=C/C)c1ccn(C(C)c2ccc(C(=O)NCCC(=O)O)cc2)n1.CC.CC. The fourth-order valence-electron chi connectivity index (χ4n) is 2.62. The highest BCUT2D eigenvalue weighted by Gasteiger charge is 2.12. The molecule has 0 aliphatic heterocycles. The number of amides is 1. The molecular formula is C26H37N3O3. The van der Waals surface area contributed by atoms with Gasteiger partial charge in [-0.25, -0.2) is 0 Å². The molecule has 1 heterocycles. The number of carbonyl (C=O) groups is 2. The van der Waals surface area contributed by atoms with Crippen LogP contribution in [-0.2, 0) is 4.79 Å². The first-order valence-corrected chi connectivity index (χ1v) is 11.1. The van der Waals surface area contributed by atoms with Crippen molar-refractivity contribution in [2.75, 3.05) is 6.54 Å². The van der Waals surface area contributed by atoms with Crippen LogP contribution in [0.3, 0.4) is 0 Å². The van der Waals surface area contributed by atoms with E-state index in [9.17, 15) is 9.59 Å². The van der Waals surface area contributed by atoms with Crippen LogP contribution in [0.15, 0.2) is 67.4 Å². The first kappa shape index (κ1) is 28.6. The topological polar surface area (TPSA) is 84.2 Å². The van der Waals surface area contributed by atoms with E-state index >= 15 is 0 Å². The van der Waals surface area contributed by atoms with Gasteiger partial charge >= 0.3 is 5.97 Å². The summed E-state index contributed by atoms with van der Waals surface area (Å²) < 4.78 is 1.87. The smallest absolute Gasteiger partial charge is 0.305 e. The number of benzene rings is 1. The monoisotopic (exact) mass is 439 g/mol. The number of allylic oxidation sites excluding steroid dienone is 5. The van der Waals surface area contributed by atoms with Crippen molar-refractivity contribution in [3.63, 3.8) is 0 Å². The number of carboxylic acid groups (broad SMARTS) is 1. The summed E-state index contributed by atoms with van der Waals surface area (Å²) in [6.07, 6.45) is 9.44. The van der Waals surface area contributed by atoms with Crippen LogP contribution in [0.4, 0.5) is 0 Å². The summed E-state index contributed by atoms with van der Waals surface area (Å²) in [5, 5.41) is 15.8. The lowest BCUT2D eigenvalue weighted by Crippen LogP contribution is -2.26. The summed E-state index contributed by atoms with van der Waals surface area (Å²) in [6, 6.07) is 9.15. The molecule has 0 spiro atoms. The molecule has 0 aliphatic carbocycles. The van der Waals surface area contributed by atoms with Gasteiger partial charge in [-0.05, 0) is 37.6 Å². The molecule has 32 heavy (non-hydrogen) atoms. The molecule has 0 bridgehead atoms. The molecule has 6 nitrogen and oxygen atoms in total. The normalized spacial score (nSPS) is 11.5. The van der Waals surface area contributed by atoms with E-state index in [1.165, 1.54) is 0 Å². The molecular weight excluding hydrogens is 402 g/mol. The zero-order valence-electron chi connectivity index (χ0n) is 20.1. The standard InChI is InChI=1S/C22H25N3O3.2C2H6/c1-4-6-7-17(5-2)20-13-15-25(24-20)16(3)18-8-10-19(11-9-18)22(28)23-14-12-21(26)27;2*1-2/h4-11,13,15-16H,2,12,14H2,1,3H3,(H,23,28)(H,26,27);2*1-2H3/b6-4-,17-7+;;. The molecule has 0 fully saturated rings. The van der Waals surface area contributed by atoms with Crippen LogP contribution in [0.2, 0.25) is 0 Å². The molecule has 1 aromatic carbocycles. The lowest BCUT2D eigenvalue weighted by Gasteiger charge is -2.13. The van der Waals surface area contributed by atoms with Gasteiger partial charge in [-0.3, -0.25) is 14.3 Å². The number of carbonyl (C=O) groups excluding carboxylic acids is 1. The van der Waals surface area contributed by atoms with E-state index < -0.39 is 5.97 Å². The second-order valence-electron chi connectivity index (χ2n) is 6.23. The van der Waals surface area contributed by atoms with Crippen LogP contribution in [-0.4, -0.2) is 33.3 Å². The Morgan fingerprint density at radius 3 is 2.31 bits per heavy atom. The molecule has 6 heteroatoms. The van der Waals surface area contributed by atoms with E-state index in [1.54, 1.807) is 18.2 Å². The fourth-order valence-corrected chi connectivity index (χ4v) is 2.62. The quantitative estimate of drug-likeness (QED) is 0.477. The first-order valence-electron chi connectivity index (χ1n) is 11.1. The third-order valence-corrected chi connectivity index (χ3v) is 4.27. The maximum atomic E-state index is 12.0. The maximum absolute atomic E-state index is 12.0. The molecule has 0 radical (unpaired) electrons. The van der Waals surface area contributed by atoms with Gasteiger partial charge in [0.25, 0.3) is 5.91 Å². The summed E-state index contributed by atoms with van der Waals surface area (Å²) in [5.41, 5.74) is 3.28. The van der Waals surface area contributed by atoms with Gasteiger partial charge in [-0.15, -0.1) is 0 Å². The van der Waals surface area contributed by atoms with E-state index in [-0.39, 0.29) is 24.9 Å². The van der Waals surface area contributed by atoms with Gasteiger partial charge in [0.15, 0.2) is 0 Å². The third-order valence-electron chi connectivity index (χ3n) is 4.27. The summed E-state index contributed by atoms with van der Waals surface area (Å²) in [6.45, 7) is 15.9. The molecule has 1 amide bonds. The predicted octanol–water partition coefficient (Wildman–Crippen LogP) is 5.89. The van der Waals surface area contributed by atoms with Gasteiger partial charge in [0.1, 0.15) is 0 Å². The van der Waals surface area contributed by atoms with Crippen molar-refractivity contribution in [2.45, 2.75) is 54.0 Å². The Bertz CT molecular complexity index is 893. The minimum atomic E-state index is -0.941. The average molecular weight is 440 g/mol. The van der Waals surface area contributed by atoms with Crippen molar-refractivity contribution in [1.82, 2.24) is 15.1 Å². The average Bonchev–Trinajstić information content (AvgIpc) is 3.31. The molecule has 1 unspecified atom stereocenters. The van der Waals surface area contributed by atoms with Crippen LogP contribution in [0.1, 0.15) is 75.6 Å². The molecule has 0 saturated heterocycles. The minimum Gasteiger partial charge on any atom is -0.481 e. The van der Waals surface area contributed by atoms with E-state index in [0.29, 0.717) is 5.56 Å². The van der Waals surface area contributed by atoms with Crippen molar-refractivity contribution in [1.29, 1.82) is 0 Å². The van der Waals surface area contributed by atoms with Gasteiger partial charge in [0.2, 0.25) is 0 Å². The van der Waals surface area contributed by atoms with E-state index in [1.807, 2.05) is 88.8 Å². The van der Waals surface area contributed by atoms with Crippen LogP contribution in [0.25, 0.3) is 5.57 Å². The Balaban J connectivity index is 0.00000227. The highest BCUT2D eigenvalue weighted by atomic mass is 16.4. The zero-order valence-corrected chi connectivity index (χ0v) is 20.1. The third kappa shape index (κ3) is 9.16. The molecule has 174 valence electrons. The molecule has 0 aliphatic rings. The van der Waals surface area contributed by atoms with E-state index in [0.717, 1.165) is 16.8 Å². The minimum absolute atomic E-state index is 0.00865. The van der Waals surface area contributed by atoms with Gasteiger partial charge in [-0.2, -0.15) is 5.10 Å². The number of aliphatic carboxylic acids is 1. The predicted molar refractivity (Wildman–Crippen MR) is 133 cm³/mol.